The van der Waals surface area contributed by atoms with Gasteiger partial charge in [0.25, 0.3) is 0 Å². The second kappa shape index (κ2) is 6.83. The number of amides is 2. The van der Waals surface area contributed by atoms with E-state index in [9.17, 15) is 4.79 Å². The van der Waals surface area contributed by atoms with Crippen LogP contribution in [-0.2, 0) is 0 Å². The summed E-state index contributed by atoms with van der Waals surface area (Å²) in [6.07, 6.45) is 0. The van der Waals surface area contributed by atoms with Gasteiger partial charge in [0.1, 0.15) is 0 Å². The molecule has 2 aromatic carbocycles. The molecule has 0 saturated carbocycles. The van der Waals surface area contributed by atoms with Crippen molar-refractivity contribution in [2.24, 2.45) is 0 Å². The highest BCUT2D eigenvalue weighted by molar-refractivity contribution is 6.36. The molecular formula is C16H16Cl2N2O. The molecule has 0 radical (unpaired) electrons. The summed E-state index contributed by atoms with van der Waals surface area (Å²) in [5.74, 6) is 0. The van der Waals surface area contributed by atoms with Crippen LogP contribution in [0.5, 0.6) is 0 Å². The Morgan fingerprint density at radius 3 is 2.57 bits per heavy atom. The number of hydrogen-bond donors (Lipinski definition) is 1. The number of carbonyl (C=O) groups is 1. The quantitative estimate of drug-likeness (QED) is 0.810. The van der Waals surface area contributed by atoms with Crippen LogP contribution < -0.4 is 10.2 Å². The summed E-state index contributed by atoms with van der Waals surface area (Å²) in [4.78, 5) is 14.1. The lowest BCUT2D eigenvalue weighted by atomic mass is 10.2. The van der Waals surface area contributed by atoms with Gasteiger partial charge in [-0.05, 0) is 49.7 Å². The number of nitrogens with zero attached hydrogens (tertiary/aromatic N) is 1. The van der Waals surface area contributed by atoms with Gasteiger partial charge < -0.3 is 5.32 Å². The van der Waals surface area contributed by atoms with Crippen molar-refractivity contribution in [2.75, 3.05) is 16.8 Å². The predicted molar refractivity (Wildman–Crippen MR) is 89.7 cm³/mol. The average molecular weight is 323 g/mol. The zero-order valence-corrected chi connectivity index (χ0v) is 13.4. The molecule has 2 amide bonds. The lowest BCUT2D eigenvalue weighted by Crippen LogP contribution is -2.34. The highest BCUT2D eigenvalue weighted by Crippen LogP contribution is 2.26. The van der Waals surface area contributed by atoms with Gasteiger partial charge >= 0.3 is 6.03 Å². The Hall–Kier alpha value is -1.71. The molecule has 0 unspecified atom stereocenters. The number of halogens is 2. The maximum absolute atomic E-state index is 12.4. The van der Waals surface area contributed by atoms with Crippen LogP contribution in [0, 0.1) is 6.92 Å². The van der Waals surface area contributed by atoms with Crippen molar-refractivity contribution in [3.05, 3.63) is 58.1 Å². The largest absolute Gasteiger partial charge is 0.326 e. The van der Waals surface area contributed by atoms with Crippen molar-refractivity contribution < 1.29 is 4.79 Å². The molecule has 0 aliphatic carbocycles. The van der Waals surface area contributed by atoms with Gasteiger partial charge in [-0.15, -0.1) is 0 Å². The zero-order valence-electron chi connectivity index (χ0n) is 11.9. The minimum atomic E-state index is -0.229. The topological polar surface area (TPSA) is 32.3 Å². The maximum Gasteiger partial charge on any atom is 0.326 e. The van der Waals surface area contributed by atoms with Crippen molar-refractivity contribution >= 4 is 40.6 Å². The molecule has 0 aromatic heterocycles. The molecule has 5 heteroatoms. The van der Waals surface area contributed by atoms with Gasteiger partial charge in [0.2, 0.25) is 0 Å². The van der Waals surface area contributed by atoms with Crippen LogP contribution in [0.1, 0.15) is 12.5 Å². The van der Waals surface area contributed by atoms with Crippen LogP contribution in [0.15, 0.2) is 42.5 Å². The lowest BCUT2D eigenvalue weighted by molar-refractivity contribution is 0.257. The first-order valence-electron chi connectivity index (χ1n) is 6.61. The summed E-state index contributed by atoms with van der Waals surface area (Å²) < 4.78 is 0. The molecule has 2 rings (SSSR count). The fourth-order valence-electron chi connectivity index (χ4n) is 2.01. The summed E-state index contributed by atoms with van der Waals surface area (Å²) in [6, 6.07) is 12.5. The number of carbonyl (C=O) groups excluding carboxylic acids is 1. The van der Waals surface area contributed by atoms with E-state index in [0.717, 1.165) is 11.3 Å². The molecule has 0 heterocycles. The number of benzene rings is 2. The summed E-state index contributed by atoms with van der Waals surface area (Å²) >= 11 is 11.9. The van der Waals surface area contributed by atoms with Crippen LogP contribution in [0.4, 0.5) is 16.2 Å². The van der Waals surface area contributed by atoms with Crippen LogP contribution in [0.25, 0.3) is 0 Å². The number of urea groups is 1. The smallest absolute Gasteiger partial charge is 0.306 e. The number of anilines is 2. The first-order valence-corrected chi connectivity index (χ1v) is 7.37. The normalized spacial score (nSPS) is 10.3. The average Bonchev–Trinajstić information content (AvgIpc) is 2.43. The van der Waals surface area contributed by atoms with Crippen molar-refractivity contribution in [1.29, 1.82) is 0 Å². The second-order valence-corrected chi connectivity index (χ2v) is 5.48. The first-order chi connectivity index (χ1) is 10.0. The van der Waals surface area contributed by atoms with Gasteiger partial charge in [-0.2, -0.15) is 0 Å². The van der Waals surface area contributed by atoms with E-state index in [1.807, 2.05) is 38.1 Å². The zero-order chi connectivity index (χ0) is 15.4. The molecule has 0 atom stereocenters. The van der Waals surface area contributed by atoms with Crippen molar-refractivity contribution in [3.8, 4) is 0 Å². The van der Waals surface area contributed by atoms with E-state index in [0.29, 0.717) is 22.3 Å². The third-order valence-corrected chi connectivity index (χ3v) is 3.60. The minimum absolute atomic E-state index is 0.229. The van der Waals surface area contributed by atoms with Gasteiger partial charge in [-0.1, -0.05) is 35.3 Å². The second-order valence-electron chi connectivity index (χ2n) is 4.64. The van der Waals surface area contributed by atoms with E-state index in [1.54, 1.807) is 23.1 Å². The van der Waals surface area contributed by atoms with Crippen molar-refractivity contribution in [3.63, 3.8) is 0 Å². The molecule has 0 saturated heterocycles. The van der Waals surface area contributed by atoms with Gasteiger partial charge in [-0.25, -0.2) is 4.79 Å². The van der Waals surface area contributed by atoms with E-state index >= 15 is 0 Å². The fourth-order valence-corrected chi connectivity index (χ4v) is 2.47. The molecular weight excluding hydrogens is 307 g/mol. The predicted octanol–water partition coefficient (Wildman–Crippen LogP) is 5.36. The third kappa shape index (κ3) is 3.90. The molecule has 1 N–H and O–H groups in total. The molecule has 0 bridgehead atoms. The Morgan fingerprint density at radius 1 is 1.19 bits per heavy atom. The summed E-state index contributed by atoms with van der Waals surface area (Å²) in [7, 11) is 0. The lowest BCUT2D eigenvalue weighted by Gasteiger charge is -2.22. The number of nitrogens with one attached hydrogen (secondary N) is 1. The monoisotopic (exact) mass is 322 g/mol. The van der Waals surface area contributed by atoms with Crippen LogP contribution in [0.3, 0.4) is 0 Å². The number of hydrogen-bond acceptors (Lipinski definition) is 1. The summed E-state index contributed by atoms with van der Waals surface area (Å²) in [5, 5.41) is 3.75. The first kappa shape index (κ1) is 15.7. The van der Waals surface area contributed by atoms with E-state index in [1.165, 1.54) is 0 Å². The van der Waals surface area contributed by atoms with Gasteiger partial charge in [-0.3, -0.25) is 4.90 Å². The molecule has 0 aliphatic heterocycles. The number of aryl methyl sites for hydroxylation is 1. The molecule has 3 nitrogen and oxygen atoms in total. The number of rotatable bonds is 3. The molecule has 0 aliphatic rings. The molecule has 21 heavy (non-hydrogen) atoms. The SMILES string of the molecule is CCN(C(=O)Nc1ccc(Cl)cc1Cl)c1cccc(C)c1. The van der Waals surface area contributed by atoms with Crippen molar-refractivity contribution in [1.82, 2.24) is 0 Å². The highest BCUT2D eigenvalue weighted by Gasteiger charge is 2.15. The van der Waals surface area contributed by atoms with Crippen LogP contribution >= 0.6 is 23.2 Å². The Kier molecular flexibility index (Phi) is 5.10. The van der Waals surface area contributed by atoms with Crippen LogP contribution in [0.2, 0.25) is 10.0 Å². The minimum Gasteiger partial charge on any atom is -0.306 e. The molecule has 0 spiro atoms. The standard InChI is InChI=1S/C16H16Cl2N2O/c1-3-20(13-6-4-5-11(2)9-13)16(21)19-15-8-7-12(17)10-14(15)18/h4-10H,3H2,1-2H3,(H,19,21). The Labute approximate surface area is 134 Å². The van der Waals surface area contributed by atoms with Crippen LogP contribution in [-0.4, -0.2) is 12.6 Å². The summed E-state index contributed by atoms with van der Waals surface area (Å²) in [6.45, 7) is 4.47. The van der Waals surface area contributed by atoms with E-state index in [-0.39, 0.29) is 6.03 Å². The Balaban J connectivity index is 2.21. The van der Waals surface area contributed by atoms with E-state index < -0.39 is 0 Å². The third-order valence-electron chi connectivity index (χ3n) is 3.05. The molecule has 2 aromatic rings. The maximum atomic E-state index is 12.4. The molecule has 0 fully saturated rings. The molecule has 110 valence electrons. The van der Waals surface area contributed by atoms with Gasteiger partial charge in [0.15, 0.2) is 0 Å². The summed E-state index contributed by atoms with van der Waals surface area (Å²) in [5.41, 5.74) is 2.49. The van der Waals surface area contributed by atoms with E-state index in [2.05, 4.69) is 5.32 Å². The van der Waals surface area contributed by atoms with Crippen molar-refractivity contribution in [2.45, 2.75) is 13.8 Å². The Morgan fingerprint density at radius 2 is 1.95 bits per heavy atom. The van der Waals surface area contributed by atoms with Gasteiger partial charge in [0.05, 0.1) is 10.7 Å². The highest BCUT2D eigenvalue weighted by atomic mass is 35.5. The fraction of sp³-hybridized carbons (Fsp3) is 0.188. The Bertz CT molecular complexity index is 658. The van der Waals surface area contributed by atoms with E-state index in [4.69, 9.17) is 23.2 Å². The van der Waals surface area contributed by atoms with Gasteiger partial charge in [0, 0.05) is 17.3 Å².